The van der Waals surface area contributed by atoms with Gasteiger partial charge >= 0.3 is 0 Å². The summed E-state index contributed by atoms with van der Waals surface area (Å²) in [5, 5.41) is 2.59. The summed E-state index contributed by atoms with van der Waals surface area (Å²) in [6.07, 6.45) is 8.87. The van der Waals surface area contributed by atoms with Gasteiger partial charge in [0.15, 0.2) is 0 Å². The number of allylic oxidation sites excluding steroid dienone is 4. The molecule has 0 fully saturated rings. The first kappa shape index (κ1) is 15.5. The van der Waals surface area contributed by atoms with Gasteiger partial charge in [-0.25, -0.2) is 0 Å². The second kappa shape index (κ2) is 6.45. The predicted molar refractivity (Wildman–Crippen MR) is 106 cm³/mol. The Kier molecular flexibility index (Phi) is 3.99. The van der Waals surface area contributed by atoms with Crippen molar-refractivity contribution < 1.29 is 4.74 Å². The molecule has 4 rings (SSSR count). The van der Waals surface area contributed by atoms with Gasteiger partial charge in [0.1, 0.15) is 11.5 Å². The highest BCUT2D eigenvalue weighted by molar-refractivity contribution is 5.98. The summed E-state index contributed by atoms with van der Waals surface area (Å²) >= 11 is 0. The summed E-state index contributed by atoms with van der Waals surface area (Å²) in [5.74, 6) is 1.53. The van der Waals surface area contributed by atoms with Crippen LogP contribution in [-0.2, 0) is 6.42 Å². The third-order valence-electron chi connectivity index (χ3n) is 4.62. The van der Waals surface area contributed by atoms with E-state index in [4.69, 9.17) is 4.74 Å². The van der Waals surface area contributed by atoms with E-state index >= 15 is 0 Å². The molecule has 0 amide bonds. The molecule has 0 N–H and O–H groups in total. The molecular weight excluding hydrogens is 304 g/mol. The number of rotatable bonds is 1. The van der Waals surface area contributed by atoms with E-state index in [2.05, 4.69) is 74.2 Å². The predicted octanol–water partition coefficient (Wildman–Crippen LogP) is 6.38. The van der Waals surface area contributed by atoms with E-state index in [9.17, 15) is 0 Å². The monoisotopic (exact) mass is 324 g/mol. The lowest BCUT2D eigenvalue weighted by molar-refractivity contribution is 0.443. The normalized spacial score (nSPS) is 16.3. The number of aryl methyl sites for hydroxylation is 1. The first-order valence-corrected chi connectivity index (χ1v) is 8.54. The Balaban J connectivity index is 1.86. The highest BCUT2D eigenvalue weighted by atomic mass is 16.5. The van der Waals surface area contributed by atoms with Gasteiger partial charge in [-0.15, -0.1) is 0 Å². The summed E-state index contributed by atoms with van der Waals surface area (Å²) in [6, 6.07) is 19.4. The maximum Gasteiger partial charge on any atom is 0.130 e. The van der Waals surface area contributed by atoms with Crippen LogP contribution in [0.4, 0.5) is 0 Å². The van der Waals surface area contributed by atoms with Crippen molar-refractivity contribution in [1.82, 2.24) is 0 Å². The van der Waals surface area contributed by atoms with Crippen molar-refractivity contribution in [3.05, 3.63) is 102 Å². The fourth-order valence-corrected chi connectivity index (χ4v) is 3.32. The maximum atomic E-state index is 5.89. The van der Waals surface area contributed by atoms with Gasteiger partial charge < -0.3 is 4.74 Å². The van der Waals surface area contributed by atoms with E-state index in [0.29, 0.717) is 5.76 Å². The van der Waals surface area contributed by atoms with Gasteiger partial charge in [-0.3, -0.25) is 0 Å². The van der Waals surface area contributed by atoms with Crippen LogP contribution in [0.25, 0.3) is 21.9 Å². The molecule has 1 heteroatoms. The highest BCUT2D eigenvalue weighted by Gasteiger charge is 2.10. The van der Waals surface area contributed by atoms with Crippen LogP contribution in [0.2, 0.25) is 0 Å². The van der Waals surface area contributed by atoms with Crippen LogP contribution < -0.4 is 4.74 Å². The molecule has 3 aromatic carbocycles. The van der Waals surface area contributed by atoms with Crippen LogP contribution in [0.5, 0.6) is 5.75 Å². The number of hydrogen-bond donors (Lipinski definition) is 0. The van der Waals surface area contributed by atoms with Crippen LogP contribution in [0.3, 0.4) is 0 Å². The highest BCUT2D eigenvalue weighted by Crippen LogP contribution is 2.34. The van der Waals surface area contributed by atoms with Crippen molar-refractivity contribution in [2.45, 2.75) is 13.3 Å². The third-order valence-corrected chi connectivity index (χ3v) is 4.62. The van der Waals surface area contributed by atoms with Crippen LogP contribution in [0.1, 0.15) is 11.1 Å². The number of ether oxygens (including phenoxy) is 1. The molecule has 3 aromatic rings. The average Bonchev–Trinajstić information content (AvgIpc) is 2.72. The van der Waals surface area contributed by atoms with Crippen molar-refractivity contribution in [3.8, 4) is 16.9 Å². The van der Waals surface area contributed by atoms with Crippen LogP contribution in [0.15, 0.2) is 91.2 Å². The van der Waals surface area contributed by atoms with Crippen LogP contribution in [-0.4, -0.2) is 0 Å². The van der Waals surface area contributed by atoms with Crippen molar-refractivity contribution in [2.24, 2.45) is 0 Å². The topological polar surface area (TPSA) is 9.23 Å². The Morgan fingerprint density at radius 2 is 1.76 bits per heavy atom. The van der Waals surface area contributed by atoms with Crippen molar-refractivity contribution in [1.29, 1.82) is 0 Å². The minimum absolute atomic E-state index is 0.654. The van der Waals surface area contributed by atoms with Crippen LogP contribution in [0, 0.1) is 6.92 Å². The third kappa shape index (κ3) is 3.01. The Labute approximate surface area is 148 Å². The first-order chi connectivity index (χ1) is 12.2. The lowest BCUT2D eigenvalue weighted by Crippen LogP contribution is -1.95. The summed E-state index contributed by atoms with van der Waals surface area (Å²) in [4.78, 5) is 0. The molecule has 0 atom stereocenters. The molecule has 1 nitrogen and oxygen atoms in total. The summed E-state index contributed by atoms with van der Waals surface area (Å²) in [7, 11) is 0. The van der Waals surface area contributed by atoms with Gasteiger partial charge in [-0.2, -0.15) is 0 Å². The van der Waals surface area contributed by atoms with E-state index in [1.54, 1.807) is 0 Å². The van der Waals surface area contributed by atoms with E-state index < -0.39 is 0 Å². The van der Waals surface area contributed by atoms with Crippen molar-refractivity contribution in [2.75, 3.05) is 0 Å². The molecule has 25 heavy (non-hydrogen) atoms. The van der Waals surface area contributed by atoms with Gasteiger partial charge in [0.2, 0.25) is 0 Å². The first-order valence-electron chi connectivity index (χ1n) is 8.54. The molecule has 0 aliphatic carbocycles. The minimum Gasteiger partial charge on any atom is -0.458 e. The van der Waals surface area contributed by atoms with Crippen molar-refractivity contribution >= 4 is 10.8 Å². The Hall–Kier alpha value is -3.06. The molecule has 0 unspecified atom stereocenters. The molecule has 122 valence electrons. The van der Waals surface area contributed by atoms with Gasteiger partial charge in [-0.1, -0.05) is 67.3 Å². The smallest absolute Gasteiger partial charge is 0.130 e. The van der Waals surface area contributed by atoms with Gasteiger partial charge in [-0.05, 0) is 64.6 Å². The Morgan fingerprint density at radius 3 is 2.64 bits per heavy atom. The zero-order chi connectivity index (χ0) is 17.2. The SMILES string of the molecule is C=C1/C=C\C=C/Cc2cc(-c3ccc(C)c4ccccc34)ccc2O1. The van der Waals surface area contributed by atoms with Crippen molar-refractivity contribution in [3.63, 3.8) is 0 Å². The quantitative estimate of drug-likeness (QED) is 0.505. The fourth-order valence-electron chi connectivity index (χ4n) is 3.32. The largest absolute Gasteiger partial charge is 0.458 e. The standard InChI is InChI=1S/C24H20O/c1-17-12-14-22(23-11-7-6-10-21(17)23)19-13-15-24-20(16-19)9-5-3-4-8-18(2)25-24/h3-8,10-16H,2,9H2,1H3/b5-3-,8-4-. The zero-order valence-corrected chi connectivity index (χ0v) is 14.3. The average molecular weight is 324 g/mol. The molecule has 1 aliphatic heterocycles. The van der Waals surface area contributed by atoms with E-state index in [0.717, 1.165) is 12.2 Å². The fraction of sp³-hybridized carbons (Fsp3) is 0.0833. The Bertz CT molecular complexity index is 1020. The minimum atomic E-state index is 0.654. The molecule has 1 aliphatic rings. The second-order valence-corrected chi connectivity index (χ2v) is 6.36. The van der Waals surface area contributed by atoms with Crippen LogP contribution >= 0.6 is 0 Å². The second-order valence-electron chi connectivity index (χ2n) is 6.36. The van der Waals surface area contributed by atoms with Gasteiger partial charge in [0, 0.05) is 0 Å². The zero-order valence-electron chi connectivity index (χ0n) is 14.3. The molecule has 0 bridgehead atoms. The lowest BCUT2D eigenvalue weighted by Gasteiger charge is -2.14. The molecule has 0 aromatic heterocycles. The van der Waals surface area contributed by atoms with Gasteiger partial charge in [0.05, 0.1) is 0 Å². The summed E-state index contributed by atoms with van der Waals surface area (Å²) in [6.45, 7) is 6.10. The summed E-state index contributed by atoms with van der Waals surface area (Å²) in [5.41, 5.74) is 4.94. The molecule has 0 saturated carbocycles. The number of hydrogen-bond acceptors (Lipinski definition) is 1. The molecule has 0 saturated heterocycles. The van der Waals surface area contributed by atoms with E-state index in [-0.39, 0.29) is 0 Å². The maximum absolute atomic E-state index is 5.89. The number of fused-ring (bicyclic) bond motifs is 2. The molecule has 0 spiro atoms. The van der Waals surface area contributed by atoms with E-state index in [1.165, 1.54) is 33.0 Å². The number of benzene rings is 3. The van der Waals surface area contributed by atoms with Gasteiger partial charge in [0.25, 0.3) is 0 Å². The summed E-state index contributed by atoms with van der Waals surface area (Å²) < 4.78 is 5.89. The molecule has 0 radical (unpaired) electrons. The molecule has 1 heterocycles. The van der Waals surface area contributed by atoms with E-state index in [1.807, 2.05) is 18.2 Å². The lowest BCUT2D eigenvalue weighted by atomic mass is 9.94. The molecular formula is C24H20O. The Morgan fingerprint density at radius 1 is 0.920 bits per heavy atom.